The molecule has 1 aliphatic rings. The van der Waals surface area contributed by atoms with Crippen LogP contribution in [-0.2, 0) is 21.4 Å². The SMILES string of the molecule is CCCCNC(=O)CCCNS(=O)(=O)CC1CC(C)(C)Oc2ccc(OCc3ccccc3)cc21. The lowest BCUT2D eigenvalue weighted by molar-refractivity contribution is -0.121. The second-order valence-corrected chi connectivity index (χ2v) is 11.6. The van der Waals surface area contributed by atoms with Crippen LogP contribution in [0, 0.1) is 0 Å². The number of nitrogens with one attached hydrogen (secondary N) is 2. The first-order chi connectivity index (χ1) is 16.7. The second kappa shape index (κ2) is 12.4. The Hall–Kier alpha value is -2.58. The van der Waals surface area contributed by atoms with Gasteiger partial charge < -0.3 is 14.8 Å². The van der Waals surface area contributed by atoms with Gasteiger partial charge in [0.1, 0.15) is 23.7 Å². The summed E-state index contributed by atoms with van der Waals surface area (Å²) in [6, 6.07) is 15.5. The van der Waals surface area contributed by atoms with E-state index in [4.69, 9.17) is 9.47 Å². The summed E-state index contributed by atoms with van der Waals surface area (Å²) in [7, 11) is -3.54. The van der Waals surface area contributed by atoms with Gasteiger partial charge in [0, 0.05) is 31.0 Å². The molecule has 2 aromatic carbocycles. The van der Waals surface area contributed by atoms with Gasteiger partial charge in [0.2, 0.25) is 15.9 Å². The monoisotopic (exact) mass is 502 g/mol. The third-order valence-electron chi connectivity index (χ3n) is 5.97. The Morgan fingerprint density at radius 2 is 1.89 bits per heavy atom. The van der Waals surface area contributed by atoms with Crippen LogP contribution in [0.4, 0.5) is 0 Å². The van der Waals surface area contributed by atoms with Gasteiger partial charge in [-0.15, -0.1) is 0 Å². The zero-order chi connectivity index (χ0) is 25.3. The predicted octanol–water partition coefficient (Wildman–Crippen LogP) is 4.53. The maximum atomic E-state index is 12.9. The molecular weight excluding hydrogens is 464 g/mol. The molecule has 8 heteroatoms. The Labute approximate surface area is 209 Å². The van der Waals surface area contributed by atoms with Crippen molar-refractivity contribution in [3.05, 3.63) is 59.7 Å². The molecule has 35 heavy (non-hydrogen) atoms. The molecule has 0 spiro atoms. The third-order valence-corrected chi connectivity index (χ3v) is 7.45. The predicted molar refractivity (Wildman–Crippen MR) is 138 cm³/mol. The minimum atomic E-state index is -3.54. The van der Waals surface area contributed by atoms with Crippen molar-refractivity contribution in [3.63, 3.8) is 0 Å². The van der Waals surface area contributed by atoms with Gasteiger partial charge >= 0.3 is 0 Å². The number of sulfonamides is 1. The van der Waals surface area contributed by atoms with Crippen LogP contribution >= 0.6 is 0 Å². The van der Waals surface area contributed by atoms with Gasteiger partial charge in [0.15, 0.2) is 0 Å². The van der Waals surface area contributed by atoms with Crippen LogP contribution < -0.4 is 19.5 Å². The summed E-state index contributed by atoms with van der Waals surface area (Å²) < 4.78 is 40.5. The van der Waals surface area contributed by atoms with E-state index in [2.05, 4.69) is 17.0 Å². The van der Waals surface area contributed by atoms with E-state index in [1.807, 2.05) is 62.4 Å². The number of carbonyl (C=O) groups is 1. The molecule has 0 aromatic heterocycles. The largest absolute Gasteiger partial charge is 0.489 e. The Bertz CT molecular complexity index is 1070. The molecule has 2 aromatic rings. The number of fused-ring (bicyclic) bond motifs is 1. The molecule has 1 amide bonds. The van der Waals surface area contributed by atoms with E-state index < -0.39 is 15.6 Å². The third kappa shape index (κ3) is 8.85. The number of hydrogen-bond donors (Lipinski definition) is 2. The molecule has 0 saturated heterocycles. The average molecular weight is 503 g/mol. The Morgan fingerprint density at radius 1 is 1.11 bits per heavy atom. The lowest BCUT2D eigenvalue weighted by atomic mass is 9.85. The van der Waals surface area contributed by atoms with Crippen LogP contribution in [0.15, 0.2) is 48.5 Å². The van der Waals surface area contributed by atoms with Gasteiger partial charge in [-0.1, -0.05) is 43.7 Å². The van der Waals surface area contributed by atoms with Crippen molar-refractivity contribution >= 4 is 15.9 Å². The van der Waals surface area contributed by atoms with Gasteiger partial charge in [-0.05, 0) is 56.9 Å². The fourth-order valence-electron chi connectivity index (χ4n) is 4.25. The second-order valence-electron chi connectivity index (χ2n) is 9.72. The van der Waals surface area contributed by atoms with Gasteiger partial charge in [-0.25, -0.2) is 13.1 Å². The molecule has 0 aliphatic carbocycles. The highest BCUT2D eigenvalue weighted by Gasteiger charge is 2.36. The summed E-state index contributed by atoms with van der Waals surface area (Å²) in [6.07, 6.45) is 3.31. The fraction of sp³-hybridized carbons (Fsp3) is 0.519. The molecule has 3 rings (SSSR count). The van der Waals surface area contributed by atoms with Crippen molar-refractivity contribution in [2.24, 2.45) is 0 Å². The summed E-state index contributed by atoms with van der Waals surface area (Å²) in [5.41, 5.74) is 1.43. The van der Waals surface area contributed by atoms with E-state index in [9.17, 15) is 13.2 Å². The standard InChI is InChI=1S/C27H38N2O5S/c1-4-5-15-28-26(30)12-9-16-29-35(31,32)20-22-18-27(2,3)34-25-14-13-23(17-24(22)25)33-19-21-10-7-6-8-11-21/h6-8,10-11,13-14,17,22,29H,4-5,9,12,15-16,18-20H2,1-3H3,(H,28,30). The number of unbranched alkanes of at least 4 members (excludes halogenated alkanes) is 1. The van der Waals surface area contributed by atoms with Crippen LogP contribution in [0.3, 0.4) is 0 Å². The van der Waals surface area contributed by atoms with Crippen molar-refractivity contribution in [2.75, 3.05) is 18.8 Å². The molecule has 1 unspecified atom stereocenters. The lowest BCUT2D eigenvalue weighted by Gasteiger charge is -2.37. The fourth-order valence-corrected chi connectivity index (χ4v) is 5.65. The van der Waals surface area contributed by atoms with Gasteiger partial charge in [0.05, 0.1) is 5.75 Å². The summed E-state index contributed by atoms with van der Waals surface area (Å²) in [5.74, 6) is 1.06. The molecule has 1 aliphatic heterocycles. The molecule has 0 bridgehead atoms. The van der Waals surface area contributed by atoms with Crippen molar-refractivity contribution in [3.8, 4) is 11.5 Å². The quantitative estimate of drug-likeness (QED) is 0.393. The Morgan fingerprint density at radius 3 is 2.63 bits per heavy atom. The normalized spacial score (nSPS) is 16.7. The van der Waals surface area contributed by atoms with E-state index in [1.54, 1.807) is 0 Å². The molecule has 7 nitrogen and oxygen atoms in total. The molecule has 0 radical (unpaired) electrons. The lowest BCUT2D eigenvalue weighted by Crippen LogP contribution is -2.39. The number of benzene rings is 2. The first-order valence-corrected chi connectivity index (χ1v) is 14.1. The zero-order valence-electron chi connectivity index (χ0n) is 21.0. The number of hydrogen-bond acceptors (Lipinski definition) is 5. The van der Waals surface area contributed by atoms with Gasteiger partial charge in [-0.2, -0.15) is 0 Å². The van der Waals surface area contributed by atoms with Gasteiger partial charge in [-0.3, -0.25) is 4.79 Å². The molecule has 192 valence electrons. The first kappa shape index (κ1) is 27.0. The molecule has 1 atom stereocenters. The molecular formula is C27H38N2O5S. The summed E-state index contributed by atoms with van der Waals surface area (Å²) in [4.78, 5) is 11.8. The molecule has 0 fully saturated rings. The maximum Gasteiger partial charge on any atom is 0.220 e. The minimum Gasteiger partial charge on any atom is -0.489 e. The van der Waals surface area contributed by atoms with E-state index in [-0.39, 0.29) is 24.1 Å². The van der Waals surface area contributed by atoms with E-state index in [0.717, 1.165) is 24.0 Å². The topological polar surface area (TPSA) is 93.7 Å². The highest BCUT2D eigenvalue weighted by Crippen LogP contribution is 2.43. The number of amides is 1. The summed E-state index contributed by atoms with van der Waals surface area (Å²) in [6.45, 7) is 7.35. The minimum absolute atomic E-state index is 0.0409. The molecule has 2 N–H and O–H groups in total. The van der Waals surface area contributed by atoms with E-state index in [1.165, 1.54) is 0 Å². The number of carbonyl (C=O) groups excluding carboxylic acids is 1. The molecule has 1 heterocycles. The maximum absolute atomic E-state index is 12.9. The van der Waals surface area contributed by atoms with Crippen LogP contribution in [0.5, 0.6) is 11.5 Å². The highest BCUT2D eigenvalue weighted by atomic mass is 32.2. The van der Waals surface area contributed by atoms with Crippen molar-refractivity contribution in [2.45, 2.75) is 71.0 Å². The summed E-state index contributed by atoms with van der Waals surface area (Å²) >= 11 is 0. The van der Waals surface area contributed by atoms with Crippen molar-refractivity contribution in [1.29, 1.82) is 0 Å². The molecule has 0 saturated carbocycles. The first-order valence-electron chi connectivity index (χ1n) is 12.4. The van der Waals surface area contributed by atoms with Crippen LogP contribution in [0.25, 0.3) is 0 Å². The number of ether oxygens (including phenoxy) is 2. The highest BCUT2D eigenvalue weighted by molar-refractivity contribution is 7.89. The smallest absolute Gasteiger partial charge is 0.220 e. The van der Waals surface area contributed by atoms with E-state index >= 15 is 0 Å². The van der Waals surface area contributed by atoms with Crippen molar-refractivity contribution < 1.29 is 22.7 Å². The number of rotatable bonds is 13. The van der Waals surface area contributed by atoms with Gasteiger partial charge in [0.25, 0.3) is 0 Å². The van der Waals surface area contributed by atoms with Crippen LogP contribution in [0.1, 0.15) is 69.9 Å². The van der Waals surface area contributed by atoms with Crippen molar-refractivity contribution in [1.82, 2.24) is 10.0 Å². The van der Waals surface area contributed by atoms with E-state index in [0.29, 0.717) is 43.9 Å². The Kier molecular flexibility index (Phi) is 9.57. The average Bonchev–Trinajstić information content (AvgIpc) is 2.81. The van der Waals surface area contributed by atoms with Crippen LogP contribution in [0.2, 0.25) is 0 Å². The summed E-state index contributed by atoms with van der Waals surface area (Å²) in [5, 5.41) is 2.85. The van der Waals surface area contributed by atoms with Crippen LogP contribution in [-0.4, -0.2) is 38.8 Å². The Balaban J connectivity index is 1.60. The zero-order valence-corrected chi connectivity index (χ0v) is 21.8.